The second-order valence-corrected chi connectivity index (χ2v) is 3.92. The molecule has 1 N–H and O–H groups in total. The lowest BCUT2D eigenvalue weighted by Gasteiger charge is -2.04. The van der Waals surface area contributed by atoms with Crippen LogP contribution in [0, 0.1) is 6.92 Å². The molecule has 0 aliphatic heterocycles. The van der Waals surface area contributed by atoms with Gasteiger partial charge in [-0.05, 0) is 47.9 Å². The third-order valence-electron chi connectivity index (χ3n) is 2.36. The zero-order chi connectivity index (χ0) is 10.8. The van der Waals surface area contributed by atoms with Crippen molar-refractivity contribution < 1.29 is 5.11 Å². The van der Waals surface area contributed by atoms with Crippen LogP contribution >= 0.6 is 11.6 Å². The molecule has 0 saturated carbocycles. The molecular formula is C13H11ClO. The van der Waals surface area contributed by atoms with Crippen molar-refractivity contribution in [3.8, 4) is 16.9 Å². The molecule has 0 spiro atoms. The summed E-state index contributed by atoms with van der Waals surface area (Å²) < 4.78 is 0. The van der Waals surface area contributed by atoms with Gasteiger partial charge in [-0.3, -0.25) is 0 Å². The third kappa shape index (κ3) is 2.13. The lowest BCUT2D eigenvalue weighted by molar-refractivity contribution is 0.475. The minimum absolute atomic E-state index is 0.282. The van der Waals surface area contributed by atoms with E-state index in [1.54, 1.807) is 12.1 Å². The summed E-state index contributed by atoms with van der Waals surface area (Å²) in [6.45, 7) is 1.98. The molecule has 2 rings (SSSR count). The highest BCUT2D eigenvalue weighted by atomic mass is 35.5. The van der Waals surface area contributed by atoms with Gasteiger partial charge in [0.25, 0.3) is 0 Å². The summed E-state index contributed by atoms with van der Waals surface area (Å²) in [6.07, 6.45) is 0. The third-order valence-corrected chi connectivity index (χ3v) is 2.78. The first-order valence-corrected chi connectivity index (χ1v) is 5.10. The van der Waals surface area contributed by atoms with E-state index in [-0.39, 0.29) is 5.75 Å². The maximum Gasteiger partial charge on any atom is 0.115 e. The molecule has 15 heavy (non-hydrogen) atoms. The SMILES string of the molecule is Cc1cc(-c2ccc(O)cc2)ccc1Cl. The van der Waals surface area contributed by atoms with E-state index in [0.717, 1.165) is 21.7 Å². The Balaban J connectivity index is 2.45. The Morgan fingerprint density at radius 1 is 0.933 bits per heavy atom. The second kappa shape index (κ2) is 3.95. The Kier molecular flexibility index (Phi) is 2.65. The number of phenols is 1. The molecule has 0 heterocycles. The highest BCUT2D eigenvalue weighted by Gasteiger charge is 2.00. The van der Waals surface area contributed by atoms with Crippen LogP contribution in [0.2, 0.25) is 5.02 Å². The van der Waals surface area contributed by atoms with E-state index in [9.17, 15) is 5.11 Å². The van der Waals surface area contributed by atoms with Gasteiger partial charge in [-0.25, -0.2) is 0 Å². The van der Waals surface area contributed by atoms with Crippen LogP contribution in [0.4, 0.5) is 0 Å². The fourth-order valence-corrected chi connectivity index (χ4v) is 1.60. The van der Waals surface area contributed by atoms with Crippen molar-refractivity contribution >= 4 is 11.6 Å². The maximum absolute atomic E-state index is 9.18. The number of aromatic hydroxyl groups is 1. The Morgan fingerprint density at radius 2 is 1.53 bits per heavy atom. The number of aryl methyl sites for hydroxylation is 1. The van der Waals surface area contributed by atoms with Crippen molar-refractivity contribution in [2.24, 2.45) is 0 Å². The largest absolute Gasteiger partial charge is 0.508 e. The zero-order valence-electron chi connectivity index (χ0n) is 8.37. The van der Waals surface area contributed by atoms with Gasteiger partial charge >= 0.3 is 0 Å². The van der Waals surface area contributed by atoms with Crippen LogP contribution in [0.1, 0.15) is 5.56 Å². The van der Waals surface area contributed by atoms with E-state index in [1.807, 2.05) is 37.3 Å². The van der Waals surface area contributed by atoms with Gasteiger partial charge in [0.1, 0.15) is 5.75 Å². The Labute approximate surface area is 94.0 Å². The number of halogens is 1. The molecular weight excluding hydrogens is 208 g/mol. The van der Waals surface area contributed by atoms with Crippen LogP contribution in [-0.2, 0) is 0 Å². The van der Waals surface area contributed by atoms with E-state index in [2.05, 4.69) is 0 Å². The second-order valence-electron chi connectivity index (χ2n) is 3.51. The zero-order valence-corrected chi connectivity index (χ0v) is 9.12. The summed E-state index contributed by atoms with van der Waals surface area (Å²) in [6, 6.07) is 13.0. The van der Waals surface area contributed by atoms with Crippen molar-refractivity contribution in [3.05, 3.63) is 53.1 Å². The molecule has 0 aromatic heterocycles. The van der Waals surface area contributed by atoms with Gasteiger partial charge < -0.3 is 5.11 Å². The molecule has 0 saturated heterocycles. The minimum atomic E-state index is 0.282. The molecule has 0 aliphatic carbocycles. The Hall–Kier alpha value is -1.47. The van der Waals surface area contributed by atoms with Crippen molar-refractivity contribution in [2.45, 2.75) is 6.92 Å². The molecule has 0 aliphatic rings. The molecule has 2 aromatic carbocycles. The summed E-state index contributed by atoms with van der Waals surface area (Å²) in [5.41, 5.74) is 3.24. The summed E-state index contributed by atoms with van der Waals surface area (Å²) in [7, 11) is 0. The Morgan fingerprint density at radius 3 is 2.13 bits per heavy atom. The maximum atomic E-state index is 9.18. The molecule has 0 unspecified atom stereocenters. The van der Waals surface area contributed by atoms with E-state index in [0.29, 0.717) is 0 Å². The molecule has 0 bridgehead atoms. The molecule has 76 valence electrons. The quantitative estimate of drug-likeness (QED) is 0.767. The monoisotopic (exact) mass is 218 g/mol. The van der Waals surface area contributed by atoms with Gasteiger partial charge in [0.05, 0.1) is 0 Å². The summed E-state index contributed by atoms with van der Waals surface area (Å²) in [5.74, 6) is 0.282. The first kappa shape index (κ1) is 10.1. The molecule has 2 heteroatoms. The first-order valence-electron chi connectivity index (χ1n) is 4.72. The molecule has 0 atom stereocenters. The molecule has 1 nitrogen and oxygen atoms in total. The Bertz CT molecular complexity index is 474. The standard InChI is InChI=1S/C13H11ClO/c1-9-8-11(4-7-13(9)14)10-2-5-12(15)6-3-10/h2-8,15H,1H3. The van der Waals surface area contributed by atoms with Crippen LogP contribution in [0.5, 0.6) is 5.75 Å². The van der Waals surface area contributed by atoms with Crippen molar-refractivity contribution in [2.75, 3.05) is 0 Å². The normalized spacial score (nSPS) is 10.3. The van der Waals surface area contributed by atoms with Crippen LogP contribution in [0.25, 0.3) is 11.1 Å². The topological polar surface area (TPSA) is 20.2 Å². The van der Waals surface area contributed by atoms with Gasteiger partial charge in [0, 0.05) is 5.02 Å². The lowest BCUT2D eigenvalue weighted by Crippen LogP contribution is -1.80. The van der Waals surface area contributed by atoms with Crippen molar-refractivity contribution in [3.63, 3.8) is 0 Å². The summed E-state index contributed by atoms with van der Waals surface area (Å²) in [4.78, 5) is 0. The fourth-order valence-electron chi connectivity index (χ4n) is 1.48. The van der Waals surface area contributed by atoms with Gasteiger partial charge in [-0.15, -0.1) is 0 Å². The van der Waals surface area contributed by atoms with Crippen LogP contribution < -0.4 is 0 Å². The first-order chi connectivity index (χ1) is 7.16. The highest BCUT2D eigenvalue weighted by Crippen LogP contribution is 2.25. The smallest absolute Gasteiger partial charge is 0.115 e. The predicted molar refractivity (Wildman–Crippen MR) is 63.3 cm³/mol. The van der Waals surface area contributed by atoms with Gasteiger partial charge in [-0.1, -0.05) is 29.8 Å². The van der Waals surface area contributed by atoms with E-state index >= 15 is 0 Å². The van der Waals surface area contributed by atoms with Crippen LogP contribution in [0.15, 0.2) is 42.5 Å². The van der Waals surface area contributed by atoms with Crippen molar-refractivity contribution in [1.82, 2.24) is 0 Å². The number of hydrogen-bond acceptors (Lipinski definition) is 1. The molecule has 0 amide bonds. The summed E-state index contributed by atoms with van der Waals surface area (Å²) >= 11 is 5.95. The molecule has 2 aromatic rings. The number of benzene rings is 2. The number of phenolic OH excluding ortho intramolecular Hbond substituents is 1. The highest BCUT2D eigenvalue weighted by molar-refractivity contribution is 6.31. The lowest BCUT2D eigenvalue weighted by atomic mass is 10.0. The van der Waals surface area contributed by atoms with E-state index < -0.39 is 0 Å². The minimum Gasteiger partial charge on any atom is -0.508 e. The number of hydrogen-bond donors (Lipinski definition) is 1. The molecule has 0 radical (unpaired) electrons. The predicted octanol–water partition coefficient (Wildman–Crippen LogP) is 4.02. The van der Waals surface area contributed by atoms with E-state index in [4.69, 9.17) is 11.6 Å². The number of rotatable bonds is 1. The van der Waals surface area contributed by atoms with E-state index in [1.165, 1.54) is 0 Å². The average molecular weight is 219 g/mol. The summed E-state index contributed by atoms with van der Waals surface area (Å²) in [5, 5.41) is 9.96. The van der Waals surface area contributed by atoms with Crippen molar-refractivity contribution in [1.29, 1.82) is 0 Å². The van der Waals surface area contributed by atoms with Gasteiger partial charge in [0.2, 0.25) is 0 Å². The van der Waals surface area contributed by atoms with Gasteiger partial charge in [-0.2, -0.15) is 0 Å². The molecule has 0 fully saturated rings. The van der Waals surface area contributed by atoms with Gasteiger partial charge in [0.15, 0.2) is 0 Å². The fraction of sp³-hybridized carbons (Fsp3) is 0.0769. The van der Waals surface area contributed by atoms with Crippen LogP contribution in [-0.4, -0.2) is 5.11 Å². The average Bonchev–Trinajstić information content (AvgIpc) is 2.23. The van der Waals surface area contributed by atoms with Crippen LogP contribution in [0.3, 0.4) is 0 Å².